The van der Waals surface area contributed by atoms with Gasteiger partial charge >= 0.3 is 11.8 Å². The van der Waals surface area contributed by atoms with E-state index in [-0.39, 0.29) is 0 Å². The summed E-state index contributed by atoms with van der Waals surface area (Å²) in [4.78, 5) is 10.6. The summed E-state index contributed by atoms with van der Waals surface area (Å²) in [5, 5.41) is 54.3. The number of ether oxygens (including phenoxy) is 1. The number of aliphatic hydroxyl groups excluding tert-OH is 4. The fraction of sp³-hybridized carbons (Fsp3) is 0.875. The molecule has 0 aliphatic carbocycles. The molecule has 6 N–H and O–H groups in total. The molecule has 0 aromatic rings. The van der Waals surface area contributed by atoms with E-state index < -0.39 is 49.0 Å². The first-order chi connectivity index (χ1) is 7.75. The monoisotopic (exact) mass is 256 g/mol. The van der Waals surface area contributed by atoms with Crippen molar-refractivity contribution in [1.82, 2.24) is 0 Å². The molecular formula is C8H13FO8. The van der Waals surface area contributed by atoms with Gasteiger partial charge in [0.05, 0.1) is 6.61 Å². The number of hydrogen-bond acceptors (Lipinski definition) is 7. The summed E-state index contributed by atoms with van der Waals surface area (Å²) in [5.74, 6) is -5.51. The highest BCUT2D eigenvalue weighted by Gasteiger charge is 2.60. The summed E-state index contributed by atoms with van der Waals surface area (Å²) in [6, 6.07) is 0. The van der Waals surface area contributed by atoms with E-state index in [1.165, 1.54) is 0 Å². The maximum atomic E-state index is 13.4. The summed E-state index contributed by atoms with van der Waals surface area (Å²) in [7, 11) is 0. The Morgan fingerprint density at radius 1 is 1.41 bits per heavy atom. The Morgan fingerprint density at radius 3 is 2.35 bits per heavy atom. The largest absolute Gasteiger partial charge is 0.477 e. The first-order valence-electron chi connectivity index (χ1n) is 4.68. The van der Waals surface area contributed by atoms with Gasteiger partial charge in [0.15, 0.2) is 6.17 Å². The zero-order valence-electron chi connectivity index (χ0n) is 8.47. The molecule has 1 aliphatic rings. The molecule has 17 heavy (non-hydrogen) atoms. The van der Waals surface area contributed by atoms with Crippen LogP contribution < -0.4 is 0 Å². The van der Waals surface area contributed by atoms with Gasteiger partial charge in [-0.05, 0) is 0 Å². The smallest absolute Gasteiger partial charge is 0.367 e. The van der Waals surface area contributed by atoms with Crippen molar-refractivity contribution in [3.63, 3.8) is 0 Å². The van der Waals surface area contributed by atoms with Crippen molar-refractivity contribution in [3.8, 4) is 0 Å². The van der Waals surface area contributed by atoms with Crippen molar-refractivity contribution in [3.05, 3.63) is 0 Å². The van der Waals surface area contributed by atoms with Crippen molar-refractivity contribution >= 4 is 5.97 Å². The molecule has 6 atom stereocenters. The maximum absolute atomic E-state index is 13.4. The number of carbonyl (C=O) groups is 1. The molecule has 0 spiro atoms. The predicted octanol–water partition coefficient (Wildman–Crippen LogP) is -3.43. The number of halogens is 1. The highest BCUT2D eigenvalue weighted by molar-refractivity contribution is 5.76. The van der Waals surface area contributed by atoms with Crippen molar-refractivity contribution in [2.45, 2.75) is 36.4 Å². The van der Waals surface area contributed by atoms with Gasteiger partial charge in [-0.25, -0.2) is 9.18 Å². The normalized spacial score (nSPS) is 44.4. The van der Waals surface area contributed by atoms with Gasteiger partial charge in [0, 0.05) is 0 Å². The molecule has 1 saturated heterocycles. The molecular weight excluding hydrogens is 243 g/mol. The van der Waals surface area contributed by atoms with Crippen molar-refractivity contribution in [1.29, 1.82) is 0 Å². The molecule has 1 unspecified atom stereocenters. The van der Waals surface area contributed by atoms with Crippen molar-refractivity contribution in [2.24, 2.45) is 0 Å². The van der Waals surface area contributed by atoms with Gasteiger partial charge in [-0.2, -0.15) is 0 Å². The lowest BCUT2D eigenvalue weighted by Crippen LogP contribution is -2.68. The van der Waals surface area contributed by atoms with Gasteiger partial charge in [0.25, 0.3) is 0 Å². The number of aliphatic hydroxyl groups is 5. The second kappa shape index (κ2) is 4.80. The van der Waals surface area contributed by atoms with Crippen molar-refractivity contribution < 1.29 is 44.6 Å². The number of rotatable bonds is 3. The third-order valence-electron chi connectivity index (χ3n) is 2.55. The van der Waals surface area contributed by atoms with Crippen LogP contribution in [0.2, 0.25) is 0 Å². The Balaban J connectivity index is 3.02. The lowest BCUT2D eigenvalue weighted by atomic mass is 9.91. The van der Waals surface area contributed by atoms with Crippen molar-refractivity contribution in [2.75, 3.05) is 6.61 Å². The number of alkyl halides is 1. The number of carboxylic acid groups (broad SMARTS) is 1. The molecule has 9 heteroatoms. The summed E-state index contributed by atoms with van der Waals surface area (Å²) < 4.78 is 17.7. The summed E-state index contributed by atoms with van der Waals surface area (Å²) >= 11 is 0. The van der Waals surface area contributed by atoms with Crippen LogP contribution in [0.4, 0.5) is 4.39 Å². The zero-order chi connectivity index (χ0) is 13.4. The van der Waals surface area contributed by atoms with Crippen LogP contribution in [-0.4, -0.2) is 79.6 Å². The van der Waals surface area contributed by atoms with E-state index in [1.54, 1.807) is 0 Å². The summed E-state index contributed by atoms with van der Waals surface area (Å²) in [6.45, 7) is -0.929. The minimum absolute atomic E-state index is 0.929. The molecule has 1 heterocycles. The van der Waals surface area contributed by atoms with Gasteiger partial charge in [0.2, 0.25) is 0 Å². The molecule has 0 bridgehead atoms. The average molecular weight is 256 g/mol. The van der Waals surface area contributed by atoms with E-state index in [0.29, 0.717) is 0 Å². The molecule has 8 nitrogen and oxygen atoms in total. The van der Waals surface area contributed by atoms with E-state index >= 15 is 0 Å². The minimum Gasteiger partial charge on any atom is -0.477 e. The highest BCUT2D eigenvalue weighted by atomic mass is 19.1. The molecule has 0 amide bonds. The van der Waals surface area contributed by atoms with E-state index in [0.717, 1.165) is 0 Å². The molecule has 0 saturated carbocycles. The van der Waals surface area contributed by atoms with E-state index in [2.05, 4.69) is 4.74 Å². The summed E-state index contributed by atoms with van der Waals surface area (Å²) in [5.41, 5.74) is 0. The second-order valence-electron chi connectivity index (χ2n) is 3.72. The Labute approximate surface area is 94.5 Å². The van der Waals surface area contributed by atoms with E-state index in [9.17, 15) is 29.6 Å². The van der Waals surface area contributed by atoms with Crippen LogP contribution in [0.5, 0.6) is 0 Å². The van der Waals surface area contributed by atoms with Crippen LogP contribution in [0.15, 0.2) is 0 Å². The van der Waals surface area contributed by atoms with Gasteiger partial charge in [-0.1, -0.05) is 0 Å². The molecule has 1 aliphatic heterocycles. The van der Waals surface area contributed by atoms with Gasteiger partial charge in [-0.15, -0.1) is 0 Å². The number of carboxylic acids is 1. The maximum Gasteiger partial charge on any atom is 0.367 e. The fourth-order valence-electron chi connectivity index (χ4n) is 1.52. The minimum atomic E-state index is -3.39. The standard InChI is InChI=1S/C8H13FO8/c9-6-4(13)3(12)5(2(11)1-10)17-8(6,16)7(14)15/h2-6,10-13,16H,1H2,(H,14,15)/t2-,3+,4-,5?,6+,8-/m0/s1. The second-order valence-corrected chi connectivity index (χ2v) is 3.72. The van der Waals surface area contributed by atoms with Crippen LogP contribution in [-0.2, 0) is 9.53 Å². The molecule has 100 valence electrons. The quantitative estimate of drug-likeness (QED) is 0.306. The van der Waals surface area contributed by atoms with Crippen LogP contribution >= 0.6 is 0 Å². The summed E-state index contributed by atoms with van der Waals surface area (Å²) in [6.07, 6.45) is -10.7. The molecule has 0 aromatic carbocycles. The lowest BCUT2D eigenvalue weighted by molar-refractivity contribution is -0.334. The molecule has 1 fully saturated rings. The Bertz CT molecular complexity index is 299. The number of hydrogen-bond donors (Lipinski definition) is 6. The number of aliphatic carboxylic acids is 1. The first-order valence-corrected chi connectivity index (χ1v) is 4.68. The Hall–Kier alpha value is -0.840. The molecule has 1 rings (SSSR count). The van der Waals surface area contributed by atoms with Gasteiger partial charge in [0.1, 0.15) is 24.4 Å². The van der Waals surface area contributed by atoms with Gasteiger partial charge in [-0.3, -0.25) is 0 Å². The first kappa shape index (κ1) is 14.2. The predicted molar refractivity (Wildman–Crippen MR) is 47.5 cm³/mol. The SMILES string of the molecule is O=C(O)[C@@]1(O)OC([C@@H](O)CO)[C@H](O)[C@H](O)[C@H]1F. The van der Waals surface area contributed by atoms with Crippen LogP contribution in [0.3, 0.4) is 0 Å². The third-order valence-corrected chi connectivity index (χ3v) is 2.55. The van der Waals surface area contributed by atoms with E-state index in [4.69, 9.17) is 10.2 Å². The van der Waals surface area contributed by atoms with Crippen LogP contribution in [0.25, 0.3) is 0 Å². The lowest BCUT2D eigenvalue weighted by Gasteiger charge is -2.43. The van der Waals surface area contributed by atoms with Crippen LogP contribution in [0, 0.1) is 0 Å². The average Bonchev–Trinajstić information content (AvgIpc) is 2.30. The topological polar surface area (TPSA) is 148 Å². The zero-order valence-corrected chi connectivity index (χ0v) is 8.47. The van der Waals surface area contributed by atoms with Gasteiger partial charge < -0.3 is 35.4 Å². The molecule has 0 radical (unpaired) electrons. The Morgan fingerprint density at radius 2 is 1.94 bits per heavy atom. The van der Waals surface area contributed by atoms with E-state index in [1.807, 2.05) is 0 Å². The third kappa shape index (κ3) is 2.25. The Kier molecular flexibility index (Phi) is 4.02. The van der Waals surface area contributed by atoms with Crippen LogP contribution in [0.1, 0.15) is 0 Å². The fourth-order valence-corrected chi connectivity index (χ4v) is 1.52. The molecule has 0 aromatic heterocycles. The highest BCUT2D eigenvalue weighted by Crippen LogP contribution is 2.32.